The Morgan fingerprint density at radius 3 is 2.75 bits per heavy atom. The number of ether oxygens (including phenoxy) is 1. The molecule has 1 amide bonds. The Morgan fingerprint density at radius 1 is 1.25 bits per heavy atom. The van der Waals surface area contributed by atoms with E-state index in [0.29, 0.717) is 54.4 Å². The first kappa shape index (κ1) is 22.7. The maximum Gasteiger partial charge on any atom is 0.280 e. The van der Waals surface area contributed by atoms with Crippen LogP contribution < -0.4 is 10.3 Å². The molecule has 1 fully saturated rings. The van der Waals surface area contributed by atoms with Gasteiger partial charge in [-0.3, -0.25) is 14.5 Å². The Morgan fingerprint density at radius 2 is 2.03 bits per heavy atom. The molecule has 2 aliphatic rings. The Labute approximate surface area is 190 Å². The number of likely N-dealkylation sites (tertiary alicyclic amines) is 1. The van der Waals surface area contributed by atoms with Crippen LogP contribution in [0.25, 0.3) is 0 Å². The number of alkyl halides is 2. The molecule has 1 unspecified atom stereocenters. The van der Waals surface area contributed by atoms with Gasteiger partial charge in [0.15, 0.2) is 17.4 Å². The number of carbonyl (C=O) groups is 1. The van der Waals surface area contributed by atoms with E-state index in [1.807, 2.05) is 26.0 Å². The quantitative estimate of drug-likeness (QED) is 0.710. The molecule has 1 atom stereocenters. The minimum absolute atomic E-state index is 0.189. The van der Waals surface area contributed by atoms with Crippen molar-refractivity contribution in [1.29, 1.82) is 0 Å². The molecule has 1 saturated heterocycles. The fraction of sp³-hybridized carbons (Fsp3) is 0.478. The Kier molecular flexibility index (Phi) is 6.53. The van der Waals surface area contributed by atoms with Gasteiger partial charge in [-0.2, -0.15) is 0 Å². The molecule has 0 radical (unpaired) electrons. The number of nitrogens with one attached hydrogen (secondary N) is 1. The summed E-state index contributed by atoms with van der Waals surface area (Å²) in [6.45, 7) is 5.08. The number of aromatic nitrogens is 1. The van der Waals surface area contributed by atoms with E-state index in [-0.39, 0.29) is 30.7 Å². The molecule has 1 aromatic carbocycles. The number of hydrogen-bond donors (Lipinski definition) is 1. The number of carbonyl (C=O) groups excluding carboxylic acids is 1. The molecule has 32 heavy (non-hydrogen) atoms. The van der Waals surface area contributed by atoms with Gasteiger partial charge in [0.05, 0.1) is 13.1 Å². The van der Waals surface area contributed by atoms with Gasteiger partial charge >= 0.3 is 0 Å². The number of benzene rings is 1. The van der Waals surface area contributed by atoms with E-state index in [4.69, 9.17) is 16.3 Å². The highest BCUT2D eigenvalue weighted by Gasteiger charge is 2.34. The molecule has 0 spiro atoms. The van der Waals surface area contributed by atoms with E-state index >= 15 is 0 Å². The minimum Gasteiger partial charge on any atom is -0.483 e. The van der Waals surface area contributed by atoms with Crippen molar-refractivity contribution in [3.05, 3.63) is 61.5 Å². The Hall–Kier alpha value is -2.45. The van der Waals surface area contributed by atoms with Gasteiger partial charge in [0, 0.05) is 30.9 Å². The van der Waals surface area contributed by atoms with Crippen LogP contribution in [0.3, 0.4) is 0 Å². The van der Waals surface area contributed by atoms with Gasteiger partial charge in [-0.25, -0.2) is 8.78 Å². The van der Waals surface area contributed by atoms with Gasteiger partial charge in [-0.1, -0.05) is 6.07 Å². The summed E-state index contributed by atoms with van der Waals surface area (Å²) in [5, 5.41) is 0.346. The molecular weight excluding hydrogens is 440 g/mol. The monoisotopic (exact) mass is 466 g/mol. The number of aromatic amines is 1. The SMILES string of the molecule is Cc1cc(C)c(CN2CCc3ccc(OC4CCN(CC(F)F)C4)c([ClH+])c3C2=O)c(=O)[nH]1. The van der Waals surface area contributed by atoms with Gasteiger partial charge in [-0.15, -0.1) is 0 Å². The van der Waals surface area contributed by atoms with Crippen LogP contribution >= 0.6 is 0 Å². The molecule has 172 valence electrons. The molecule has 2 aromatic rings. The van der Waals surface area contributed by atoms with Crippen LogP contribution in [0.2, 0.25) is 5.02 Å². The summed E-state index contributed by atoms with van der Waals surface area (Å²) in [7, 11) is 0. The van der Waals surface area contributed by atoms with E-state index in [1.54, 1.807) is 15.9 Å². The smallest absolute Gasteiger partial charge is 0.280 e. The third-order valence-corrected chi connectivity index (χ3v) is 6.53. The standard InChI is InChI=1S/C23H26ClF2N3O3/c1-13-9-14(2)27-22(30)17(13)11-29-8-5-15-3-4-18(21(24)20(15)23(29)31)32-16-6-7-28(10-16)12-19(25)26/h3-4,9,16,19,24H,5-8,10-12H2,1-2H3/p+1. The third-order valence-electron chi connectivity index (χ3n) is 6.12. The van der Waals surface area contributed by atoms with Crippen LogP contribution in [-0.2, 0) is 13.0 Å². The summed E-state index contributed by atoms with van der Waals surface area (Å²) in [6.07, 6.45) is -1.34. The number of fused-ring (bicyclic) bond motifs is 1. The zero-order valence-electron chi connectivity index (χ0n) is 18.1. The summed E-state index contributed by atoms with van der Waals surface area (Å²) in [4.78, 5) is 31.8. The van der Waals surface area contributed by atoms with Crippen LogP contribution in [0.15, 0.2) is 23.0 Å². The number of pyridine rings is 1. The van der Waals surface area contributed by atoms with Gasteiger partial charge in [-0.05, 0) is 49.9 Å². The van der Waals surface area contributed by atoms with Crippen molar-refractivity contribution in [1.82, 2.24) is 14.8 Å². The van der Waals surface area contributed by atoms with Crippen LogP contribution in [0, 0.1) is 25.4 Å². The average Bonchev–Trinajstić information content (AvgIpc) is 3.14. The van der Waals surface area contributed by atoms with E-state index in [1.165, 1.54) is 0 Å². The van der Waals surface area contributed by atoms with E-state index < -0.39 is 6.43 Å². The number of nitrogens with zero attached hydrogens (tertiary/aromatic N) is 2. The first-order valence-electron chi connectivity index (χ1n) is 10.7. The van der Waals surface area contributed by atoms with Crippen molar-refractivity contribution in [3.63, 3.8) is 0 Å². The van der Waals surface area contributed by atoms with Crippen LogP contribution in [0.5, 0.6) is 5.75 Å². The molecule has 1 N–H and O–H groups in total. The molecule has 0 bridgehead atoms. The zero-order chi connectivity index (χ0) is 23.0. The largest absolute Gasteiger partial charge is 0.483 e. The number of aryl methyl sites for hydroxylation is 2. The van der Waals surface area contributed by atoms with Gasteiger partial charge in [0.1, 0.15) is 11.7 Å². The van der Waals surface area contributed by atoms with Gasteiger partial charge in [0.25, 0.3) is 22.9 Å². The molecule has 0 saturated carbocycles. The zero-order valence-corrected chi connectivity index (χ0v) is 18.9. The summed E-state index contributed by atoms with van der Waals surface area (Å²) in [6, 6.07) is 5.52. The number of rotatable bonds is 6. The van der Waals surface area contributed by atoms with Crippen LogP contribution in [0.4, 0.5) is 8.78 Å². The normalized spacial score (nSPS) is 19.0. The molecule has 6 nitrogen and oxygen atoms in total. The second-order valence-electron chi connectivity index (χ2n) is 8.53. The average molecular weight is 467 g/mol. The predicted octanol–water partition coefficient (Wildman–Crippen LogP) is 2.60. The summed E-state index contributed by atoms with van der Waals surface area (Å²) in [5.41, 5.74) is 3.30. The van der Waals surface area contributed by atoms with Crippen LogP contribution in [0.1, 0.15) is 39.2 Å². The Balaban J connectivity index is 1.52. The van der Waals surface area contributed by atoms with E-state index in [9.17, 15) is 18.4 Å². The first-order valence-corrected chi connectivity index (χ1v) is 11.1. The maximum absolute atomic E-state index is 13.3. The Bertz CT molecular complexity index is 1090. The van der Waals surface area contributed by atoms with Crippen LogP contribution in [-0.4, -0.2) is 59.4 Å². The highest BCUT2D eigenvalue weighted by molar-refractivity contribution is 5.98. The summed E-state index contributed by atoms with van der Waals surface area (Å²) < 4.78 is 31.3. The van der Waals surface area contributed by atoms with E-state index in [0.717, 1.165) is 16.8 Å². The fourth-order valence-corrected chi connectivity index (χ4v) is 4.84. The topological polar surface area (TPSA) is 65.6 Å². The fourth-order valence-electron chi connectivity index (χ4n) is 4.51. The van der Waals surface area contributed by atoms with Crippen molar-refractivity contribution < 1.29 is 29.9 Å². The number of halogens is 3. The molecule has 3 heterocycles. The molecular formula is C23H27ClF2N3O3+. The van der Waals surface area contributed by atoms with Gasteiger partial charge < -0.3 is 14.6 Å². The third kappa shape index (κ3) is 4.66. The molecule has 2 aliphatic heterocycles. The maximum atomic E-state index is 13.3. The second-order valence-corrected chi connectivity index (χ2v) is 8.93. The minimum atomic E-state index is -2.37. The number of H-pyrrole nitrogens is 1. The molecule has 1 aromatic heterocycles. The second kappa shape index (κ2) is 9.19. The highest BCUT2D eigenvalue weighted by atomic mass is 35.5. The number of amides is 1. The van der Waals surface area contributed by atoms with Crippen molar-refractivity contribution in [2.24, 2.45) is 0 Å². The predicted molar refractivity (Wildman–Crippen MR) is 113 cm³/mol. The van der Waals surface area contributed by atoms with Crippen molar-refractivity contribution in [2.45, 2.75) is 45.8 Å². The molecule has 9 heteroatoms. The lowest BCUT2D eigenvalue weighted by molar-refractivity contribution is -0.292. The highest BCUT2D eigenvalue weighted by Crippen LogP contribution is 2.33. The van der Waals surface area contributed by atoms with Crippen molar-refractivity contribution >= 4 is 5.91 Å². The first-order chi connectivity index (χ1) is 15.2. The molecule has 4 rings (SSSR count). The van der Waals surface area contributed by atoms with E-state index in [2.05, 4.69) is 4.98 Å². The number of hydrogen-bond acceptors (Lipinski definition) is 4. The van der Waals surface area contributed by atoms with Gasteiger partial charge in [0.2, 0.25) is 0 Å². The summed E-state index contributed by atoms with van der Waals surface area (Å²) >= 11 is 5.60. The lowest BCUT2D eigenvalue weighted by Crippen LogP contribution is -2.39. The lowest BCUT2D eigenvalue weighted by atomic mass is 9.97. The van der Waals surface area contributed by atoms with Crippen molar-refractivity contribution in [3.8, 4) is 5.75 Å². The lowest BCUT2D eigenvalue weighted by Gasteiger charge is -2.29. The van der Waals surface area contributed by atoms with Crippen molar-refractivity contribution in [2.75, 3.05) is 26.2 Å². The molecule has 0 aliphatic carbocycles. The summed E-state index contributed by atoms with van der Waals surface area (Å²) in [5.74, 6) is 0.217.